The van der Waals surface area contributed by atoms with E-state index in [1.807, 2.05) is 12.2 Å². The van der Waals surface area contributed by atoms with Crippen molar-refractivity contribution in [1.29, 1.82) is 0 Å². The van der Waals surface area contributed by atoms with Crippen LogP contribution in [0.2, 0.25) is 0 Å². The molecule has 0 radical (unpaired) electrons. The molecule has 23 heavy (non-hydrogen) atoms. The first-order chi connectivity index (χ1) is 10.9. The fraction of sp³-hybridized carbons (Fsp3) is 0.231. The highest BCUT2D eigenvalue weighted by atomic mass is 79.9. The zero-order valence-corrected chi connectivity index (χ0v) is 13.6. The number of hydrogen-bond donors (Lipinski definition) is 2. The number of hydrogen-bond acceptors (Lipinski definition) is 4. The van der Waals surface area contributed by atoms with Gasteiger partial charge < -0.3 is 10.4 Å². The molecule has 0 atom stereocenters. The van der Waals surface area contributed by atoms with Crippen LogP contribution in [0.1, 0.15) is 5.56 Å². The van der Waals surface area contributed by atoms with Gasteiger partial charge in [-0.25, -0.2) is 28.2 Å². The lowest BCUT2D eigenvalue weighted by molar-refractivity contribution is 0.195. The van der Waals surface area contributed by atoms with Crippen LogP contribution in [0, 0.1) is 6.92 Å². The normalized spacial score (nSPS) is 11.5. The van der Waals surface area contributed by atoms with E-state index in [4.69, 9.17) is 5.11 Å². The van der Waals surface area contributed by atoms with E-state index < -0.39 is 11.8 Å². The molecule has 0 bridgehead atoms. The number of halogens is 2. The molecule has 0 saturated heterocycles. The molecule has 2 aromatic heterocycles. The monoisotopic (exact) mass is 385 g/mol. The average molecular weight is 386 g/mol. The van der Waals surface area contributed by atoms with Crippen LogP contribution in [0.4, 0.5) is 9.18 Å². The second kappa shape index (κ2) is 7.18. The van der Waals surface area contributed by atoms with Gasteiger partial charge in [0.05, 0.1) is 24.8 Å². The molecule has 0 saturated carbocycles. The standard InChI is InChI=1S/C13H13BrFN5O3/c1-8-2-10(5-16-11(8)14)19-7-18-20(13(19)23)6-9(3-15)4-17-12(21)22/h2-3,5,7,17H,4,6H2,1H3,(H,21,22). The van der Waals surface area contributed by atoms with Crippen molar-refractivity contribution in [2.24, 2.45) is 0 Å². The number of aryl methyl sites for hydroxylation is 1. The van der Waals surface area contributed by atoms with Gasteiger partial charge in [-0.15, -0.1) is 0 Å². The van der Waals surface area contributed by atoms with Crippen LogP contribution in [0.5, 0.6) is 0 Å². The molecule has 1 amide bonds. The zero-order valence-electron chi connectivity index (χ0n) is 12.0. The van der Waals surface area contributed by atoms with Crippen molar-refractivity contribution in [3.63, 3.8) is 0 Å². The van der Waals surface area contributed by atoms with Crippen LogP contribution in [0.15, 0.2) is 39.9 Å². The lowest BCUT2D eigenvalue weighted by Crippen LogP contribution is -2.29. The SMILES string of the molecule is Cc1cc(-n2cnn(CC(=CF)CNC(=O)O)c2=O)cnc1Br. The minimum absolute atomic E-state index is 0.0739. The Morgan fingerprint density at radius 3 is 2.91 bits per heavy atom. The van der Waals surface area contributed by atoms with E-state index in [0.29, 0.717) is 10.3 Å². The summed E-state index contributed by atoms with van der Waals surface area (Å²) in [5.74, 6) is 0. The highest BCUT2D eigenvalue weighted by Gasteiger charge is 2.11. The quantitative estimate of drug-likeness (QED) is 0.761. The summed E-state index contributed by atoms with van der Waals surface area (Å²) in [5.41, 5.74) is 0.960. The molecule has 10 heteroatoms. The summed E-state index contributed by atoms with van der Waals surface area (Å²) in [6, 6.07) is 1.75. The molecule has 2 N–H and O–H groups in total. The topological polar surface area (TPSA) is 102 Å². The average Bonchev–Trinajstić information content (AvgIpc) is 2.87. The van der Waals surface area contributed by atoms with E-state index >= 15 is 0 Å². The van der Waals surface area contributed by atoms with E-state index in [-0.39, 0.29) is 25.0 Å². The molecule has 2 aromatic rings. The maximum Gasteiger partial charge on any atom is 0.404 e. The Bertz CT molecular complexity index is 814. The minimum atomic E-state index is -1.28. The predicted octanol–water partition coefficient (Wildman–Crippen LogP) is 1.62. The Kier molecular flexibility index (Phi) is 5.27. The van der Waals surface area contributed by atoms with Gasteiger partial charge in [0.15, 0.2) is 0 Å². The van der Waals surface area contributed by atoms with Crippen molar-refractivity contribution in [3.8, 4) is 5.69 Å². The number of pyridine rings is 1. The van der Waals surface area contributed by atoms with Crippen molar-refractivity contribution in [1.82, 2.24) is 24.6 Å². The van der Waals surface area contributed by atoms with Gasteiger partial charge >= 0.3 is 11.8 Å². The number of amides is 1. The highest BCUT2D eigenvalue weighted by molar-refractivity contribution is 9.10. The molecule has 0 fully saturated rings. The summed E-state index contributed by atoms with van der Waals surface area (Å²) < 4.78 is 15.8. The number of aromatic nitrogens is 4. The second-order valence-electron chi connectivity index (χ2n) is 4.67. The van der Waals surface area contributed by atoms with Crippen molar-refractivity contribution in [2.45, 2.75) is 13.5 Å². The summed E-state index contributed by atoms with van der Waals surface area (Å²) in [6.07, 6.45) is 1.78. The fourth-order valence-electron chi connectivity index (χ4n) is 1.81. The maximum atomic E-state index is 12.8. The third-order valence-corrected chi connectivity index (χ3v) is 3.82. The molecule has 0 spiro atoms. The largest absolute Gasteiger partial charge is 0.465 e. The minimum Gasteiger partial charge on any atom is -0.465 e. The Labute approximate surface area is 138 Å². The zero-order chi connectivity index (χ0) is 17.0. The van der Waals surface area contributed by atoms with Gasteiger partial charge in [0.1, 0.15) is 10.9 Å². The third-order valence-electron chi connectivity index (χ3n) is 2.99. The molecule has 122 valence electrons. The molecular formula is C13H13BrFN5O3. The van der Waals surface area contributed by atoms with Crippen LogP contribution >= 0.6 is 15.9 Å². The van der Waals surface area contributed by atoms with Crippen molar-refractivity contribution < 1.29 is 14.3 Å². The lowest BCUT2D eigenvalue weighted by Gasteiger charge is -2.05. The van der Waals surface area contributed by atoms with Crippen LogP contribution in [-0.4, -0.2) is 37.1 Å². The highest BCUT2D eigenvalue weighted by Crippen LogP contribution is 2.15. The van der Waals surface area contributed by atoms with Gasteiger partial charge in [-0.1, -0.05) is 0 Å². The molecule has 0 aliphatic rings. The van der Waals surface area contributed by atoms with E-state index in [9.17, 15) is 14.0 Å². The first-order valence-corrected chi connectivity index (χ1v) is 7.23. The van der Waals surface area contributed by atoms with Crippen LogP contribution in [0.3, 0.4) is 0 Å². The molecule has 8 nitrogen and oxygen atoms in total. The number of carboxylic acid groups (broad SMARTS) is 1. The van der Waals surface area contributed by atoms with E-state index in [0.717, 1.165) is 10.2 Å². The van der Waals surface area contributed by atoms with Crippen molar-refractivity contribution in [3.05, 3.63) is 51.1 Å². The summed E-state index contributed by atoms with van der Waals surface area (Å²) in [7, 11) is 0. The van der Waals surface area contributed by atoms with Gasteiger partial charge in [-0.2, -0.15) is 5.10 Å². The van der Waals surface area contributed by atoms with Crippen LogP contribution in [-0.2, 0) is 6.54 Å². The fourth-order valence-corrected chi connectivity index (χ4v) is 2.03. The van der Waals surface area contributed by atoms with Gasteiger partial charge in [-0.3, -0.25) is 0 Å². The smallest absolute Gasteiger partial charge is 0.404 e. The molecule has 0 aliphatic carbocycles. The van der Waals surface area contributed by atoms with Gasteiger partial charge in [0, 0.05) is 6.54 Å². The second-order valence-corrected chi connectivity index (χ2v) is 5.42. The number of carbonyl (C=O) groups is 1. The van der Waals surface area contributed by atoms with E-state index in [1.165, 1.54) is 17.1 Å². The maximum absolute atomic E-state index is 12.8. The summed E-state index contributed by atoms with van der Waals surface area (Å²) in [4.78, 5) is 26.8. The van der Waals surface area contributed by atoms with Gasteiger partial charge in [-0.05, 0) is 40.1 Å². The van der Waals surface area contributed by atoms with Crippen molar-refractivity contribution >= 4 is 22.0 Å². The Balaban J connectivity index is 2.23. The van der Waals surface area contributed by atoms with E-state index in [2.05, 4.69) is 26.0 Å². The summed E-state index contributed by atoms with van der Waals surface area (Å²) in [6.45, 7) is 1.44. The number of nitrogens with one attached hydrogen (secondary N) is 1. The van der Waals surface area contributed by atoms with Crippen LogP contribution in [0.25, 0.3) is 5.69 Å². The first kappa shape index (κ1) is 16.9. The molecule has 2 heterocycles. The molecule has 0 aromatic carbocycles. The predicted molar refractivity (Wildman–Crippen MR) is 83.3 cm³/mol. The summed E-state index contributed by atoms with van der Waals surface area (Å²) >= 11 is 3.27. The molecular weight excluding hydrogens is 373 g/mol. The molecule has 0 unspecified atom stereocenters. The third kappa shape index (κ3) is 4.03. The molecule has 2 rings (SSSR count). The number of rotatable bonds is 5. The summed E-state index contributed by atoms with van der Waals surface area (Å²) in [5, 5.41) is 14.5. The van der Waals surface area contributed by atoms with E-state index in [1.54, 1.807) is 6.07 Å². The van der Waals surface area contributed by atoms with Gasteiger partial charge in [0.2, 0.25) is 0 Å². The Morgan fingerprint density at radius 2 is 2.30 bits per heavy atom. The van der Waals surface area contributed by atoms with Crippen LogP contribution < -0.4 is 11.0 Å². The number of nitrogens with zero attached hydrogens (tertiary/aromatic N) is 4. The first-order valence-electron chi connectivity index (χ1n) is 6.44. The van der Waals surface area contributed by atoms with Crippen molar-refractivity contribution in [2.75, 3.05) is 6.54 Å². The van der Waals surface area contributed by atoms with Gasteiger partial charge in [0.25, 0.3) is 0 Å². The Morgan fingerprint density at radius 1 is 1.57 bits per heavy atom. The Hall–Kier alpha value is -2.49. The lowest BCUT2D eigenvalue weighted by atomic mass is 10.3. The molecule has 0 aliphatic heterocycles.